The Hall–Kier alpha value is -1.78. The topological polar surface area (TPSA) is 29.3 Å². The Bertz CT molecular complexity index is 664. The summed E-state index contributed by atoms with van der Waals surface area (Å²) in [5.41, 5.74) is 2.42. The Labute approximate surface area is 123 Å². The van der Waals surface area contributed by atoms with Crippen LogP contribution in [0.3, 0.4) is 0 Å². The summed E-state index contributed by atoms with van der Waals surface area (Å²) in [4.78, 5) is 1.32. The van der Waals surface area contributed by atoms with Gasteiger partial charge in [-0.3, -0.25) is 0 Å². The molecule has 3 nitrogen and oxygen atoms in total. The van der Waals surface area contributed by atoms with Crippen molar-refractivity contribution in [2.24, 2.45) is 0 Å². The molecule has 3 rings (SSSR count). The maximum Gasteiger partial charge on any atom is 0.0706 e. The lowest BCUT2D eigenvalue weighted by molar-refractivity contribution is 0.735. The maximum atomic E-state index is 4.34. The van der Waals surface area contributed by atoms with Crippen LogP contribution < -0.4 is 5.32 Å². The second-order valence-electron chi connectivity index (χ2n) is 4.54. The molecule has 1 aromatic carbocycles. The molecular formula is C16H17N3S. The van der Waals surface area contributed by atoms with Gasteiger partial charge in [-0.25, -0.2) is 4.52 Å². The third-order valence-electron chi connectivity index (χ3n) is 3.11. The maximum absolute atomic E-state index is 4.34. The van der Waals surface area contributed by atoms with E-state index in [1.165, 1.54) is 16.0 Å². The number of hydrogen-bond acceptors (Lipinski definition) is 3. The van der Waals surface area contributed by atoms with Crippen LogP contribution in [-0.2, 0) is 6.54 Å². The van der Waals surface area contributed by atoms with E-state index >= 15 is 0 Å². The Balaban J connectivity index is 1.46. The zero-order valence-electron chi connectivity index (χ0n) is 11.2. The number of rotatable bonds is 6. The van der Waals surface area contributed by atoms with E-state index in [9.17, 15) is 0 Å². The molecule has 0 spiro atoms. The van der Waals surface area contributed by atoms with E-state index in [0.29, 0.717) is 0 Å². The lowest BCUT2D eigenvalue weighted by Crippen LogP contribution is -2.16. The number of fused-ring (bicyclic) bond motifs is 1. The molecule has 0 aliphatic carbocycles. The molecule has 0 unspecified atom stereocenters. The smallest absolute Gasteiger partial charge is 0.0706 e. The van der Waals surface area contributed by atoms with Crippen LogP contribution in [0.5, 0.6) is 0 Å². The van der Waals surface area contributed by atoms with Gasteiger partial charge in [0.05, 0.1) is 11.7 Å². The minimum Gasteiger partial charge on any atom is -0.312 e. The normalized spacial score (nSPS) is 11.0. The van der Waals surface area contributed by atoms with Crippen LogP contribution in [0, 0.1) is 0 Å². The largest absolute Gasteiger partial charge is 0.312 e. The quantitative estimate of drug-likeness (QED) is 0.556. The van der Waals surface area contributed by atoms with Gasteiger partial charge < -0.3 is 5.32 Å². The predicted octanol–water partition coefficient (Wildman–Crippen LogP) is 3.22. The molecule has 3 aromatic rings. The highest BCUT2D eigenvalue weighted by Gasteiger charge is 2.02. The van der Waals surface area contributed by atoms with Crippen LogP contribution in [0.2, 0.25) is 0 Å². The monoisotopic (exact) mass is 283 g/mol. The molecule has 0 saturated carbocycles. The van der Waals surface area contributed by atoms with Gasteiger partial charge in [-0.2, -0.15) is 5.10 Å². The molecule has 2 heterocycles. The van der Waals surface area contributed by atoms with E-state index in [1.807, 2.05) is 46.9 Å². The molecule has 0 fully saturated rings. The number of pyridine rings is 1. The lowest BCUT2D eigenvalue weighted by atomic mass is 10.2. The van der Waals surface area contributed by atoms with Crippen molar-refractivity contribution in [3.05, 3.63) is 66.5 Å². The molecule has 4 heteroatoms. The van der Waals surface area contributed by atoms with Crippen molar-refractivity contribution in [1.29, 1.82) is 0 Å². The van der Waals surface area contributed by atoms with Gasteiger partial charge >= 0.3 is 0 Å². The Morgan fingerprint density at radius 3 is 2.80 bits per heavy atom. The number of benzene rings is 1. The molecule has 0 amide bonds. The second kappa shape index (κ2) is 6.59. The summed E-state index contributed by atoms with van der Waals surface area (Å²) in [6.07, 6.45) is 3.91. The van der Waals surface area contributed by atoms with Crippen LogP contribution in [0.25, 0.3) is 5.52 Å². The standard InChI is InChI=1S/C16H17N3S/c1-2-6-15(7-3-1)20-11-9-17-12-14-13-18-19-10-5-4-8-16(14)19/h1-8,10,13,17H,9,11-12H2. The number of nitrogens with zero attached hydrogens (tertiary/aromatic N) is 2. The van der Waals surface area contributed by atoms with E-state index < -0.39 is 0 Å². The molecule has 0 aliphatic rings. The van der Waals surface area contributed by atoms with Crippen molar-refractivity contribution >= 4 is 17.3 Å². The minimum absolute atomic E-state index is 0.864. The molecule has 0 saturated heterocycles. The first-order chi connectivity index (χ1) is 9.93. The average molecular weight is 283 g/mol. The molecule has 0 radical (unpaired) electrons. The molecule has 0 atom stereocenters. The van der Waals surface area contributed by atoms with Crippen molar-refractivity contribution in [1.82, 2.24) is 14.9 Å². The molecule has 0 aliphatic heterocycles. The lowest BCUT2D eigenvalue weighted by Gasteiger charge is -2.04. The first-order valence-electron chi connectivity index (χ1n) is 6.73. The number of hydrogen-bond donors (Lipinski definition) is 1. The summed E-state index contributed by atoms with van der Waals surface area (Å²) >= 11 is 1.88. The summed E-state index contributed by atoms with van der Waals surface area (Å²) in [6.45, 7) is 1.85. The second-order valence-corrected chi connectivity index (χ2v) is 5.71. The van der Waals surface area contributed by atoms with Gasteiger partial charge in [0.2, 0.25) is 0 Å². The third-order valence-corrected chi connectivity index (χ3v) is 4.13. The van der Waals surface area contributed by atoms with E-state index in [-0.39, 0.29) is 0 Å². The van der Waals surface area contributed by atoms with Crippen molar-refractivity contribution in [2.75, 3.05) is 12.3 Å². The highest BCUT2D eigenvalue weighted by Crippen LogP contribution is 2.16. The average Bonchev–Trinajstić information content (AvgIpc) is 2.91. The van der Waals surface area contributed by atoms with Gasteiger partial charge in [-0.1, -0.05) is 24.3 Å². The fraction of sp³-hybridized carbons (Fsp3) is 0.188. The minimum atomic E-state index is 0.864. The van der Waals surface area contributed by atoms with Gasteiger partial charge in [-0.05, 0) is 24.3 Å². The number of aromatic nitrogens is 2. The first-order valence-corrected chi connectivity index (χ1v) is 7.72. The molecule has 102 valence electrons. The Morgan fingerprint density at radius 2 is 1.90 bits per heavy atom. The molecule has 20 heavy (non-hydrogen) atoms. The number of nitrogens with one attached hydrogen (secondary N) is 1. The van der Waals surface area contributed by atoms with Crippen LogP contribution >= 0.6 is 11.8 Å². The van der Waals surface area contributed by atoms with Gasteiger partial charge in [0.1, 0.15) is 0 Å². The Morgan fingerprint density at radius 1 is 1.05 bits per heavy atom. The molecule has 2 aromatic heterocycles. The fourth-order valence-corrected chi connectivity index (χ4v) is 2.94. The summed E-state index contributed by atoms with van der Waals surface area (Å²) in [6, 6.07) is 16.6. The van der Waals surface area contributed by atoms with Gasteiger partial charge in [0.25, 0.3) is 0 Å². The van der Waals surface area contributed by atoms with Crippen LogP contribution in [-0.4, -0.2) is 21.9 Å². The Kier molecular flexibility index (Phi) is 4.35. The predicted molar refractivity (Wildman–Crippen MR) is 84.1 cm³/mol. The third kappa shape index (κ3) is 3.21. The van der Waals surface area contributed by atoms with E-state index in [2.05, 4.69) is 40.7 Å². The van der Waals surface area contributed by atoms with Crippen LogP contribution in [0.4, 0.5) is 0 Å². The molecule has 0 bridgehead atoms. The van der Waals surface area contributed by atoms with Crippen molar-refractivity contribution in [3.8, 4) is 0 Å². The summed E-state index contributed by atoms with van der Waals surface area (Å²) in [5, 5.41) is 7.81. The van der Waals surface area contributed by atoms with E-state index in [1.54, 1.807) is 0 Å². The summed E-state index contributed by atoms with van der Waals surface area (Å²) in [5.74, 6) is 1.07. The van der Waals surface area contributed by atoms with Crippen molar-refractivity contribution in [2.45, 2.75) is 11.4 Å². The van der Waals surface area contributed by atoms with E-state index in [0.717, 1.165) is 18.8 Å². The summed E-state index contributed by atoms with van der Waals surface area (Å²) in [7, 11) is 0. The SMILES string of the molecule is c1ccc(SCCNCc2cnn3ccccc23)cc1. The van der Waals surface area contributed by atoms with Gasteiger partial charge in [0, 0.05) is 35.5 Å². The van der Waals surface area contributed by atoms with Crippen molar-refractivity contribution < 1.29 is 0 Å². The summed E-state index contributed by atoms with van der Waals surface area (Å²) < 4.78 is 1.91. The van der Waals surface area contributed by atoms with E-state index in [4.69, 9.17) is 0 Å². The van der Waals surface area contributed by atoms with Crippen molar-refractivity contribution in [3.63, 3.8) is 0 Å². The zero-order chi connectivity index (χ0) is 13.6. The zero-order valence-corrected chi connectivity index (χ0v) is 12.0. The fourth-order valence-electron chi connectivity index (χ4n) is 2.10. The molecule has 1 N–H and O–H groups in total. The first kappa shape index (κ1) is 13.2. The molecular weight excluding hydrogens is 266 g/mol. The number of thioether (sulfide) groups is 1. The van der Waals surface area contributed by atoms with Crippen LogP contribution in [0.15, 0.2) is 65.8 Å². The van der Waals surface area contributed by atoms with Crippen LogP contribution in [0.1, 0.15) is 5.56 Å². The van der Waals surface area contributed by atoms with Gasteiger partial charge in [0.15, 0.2) is 0 Å². The highest BCUT2D eigenvalue weighted by atomic mass is 32.2. The highest BCUT2D eigenvalue weighted by molar-refractivity contribution is 7.99. The van der Waals surface area contributed by atoms with Gasteiger partial charge in [-0.15, -0.1) is 11.8 Å².